The highest BCUT2D eigenvalue weighted by Gasteiger charge is 2.09. The third-order valence-corrected chi connectivity index (χ3v) is 2.77. The second-order valence-electron chi connectivity index (χ2n) is 4.54. The van der Waals surface area contributed by atoms with Gasteiger partial charge >= 0.3 is 0 Å². The number of aromatic nitrogens is 3. The first kappa shape index (κ1) is 13.7. The number of hydrogen-bond acceptors (Lipinski definition) is 4. The zero-order valence-electron chi connectivity index (χ0n) is 11.3. The van der Waals surface area contributed by atoms with E-state index in [1.807, 2.05) is 44.2 Å². The van der Waals surface area contributed by atoms with Gasteiger partial charge in [-0.1, -0.05) is 30.3 Å². The number of aliphatic hydroxyl groups is 1. The summed E-state index contributed by atoms with van der Waals surface area (Å²) < 4.78 is 7.19. The zero-order valence-corrected chi connectivity index (χ0v) is 11.3. The minimum Gasteiger partial charge on any atom is -0.389 e. The van der Waals surface area contributed by atoms with Gasteiger partial charge in [-0.15, -0.1) is 0 Å². The maximum atomic E-state index is 9.90. The van der Waals surface area contributed by atoms with E-state index < -0.39 is 6.10 Å². The molecule has 19 heavy (non-hydrogen) atoms. The Balaban J connectivity index is 1.76. The van der Waals surface area contributed by atoms with Gasteiger partial charge < -0.3 is 9.84 Å². The van der Waals surface area contributed by atoms with Crippen LogP contribution in [-0.4, -0.2) is 32.6 Å². The van der Waals surface area contributed by atoms with Crippen LogP contribution >= 0.6 is 0 Å². The first-order chi connectivity index (χ1) is 9.15. The van der Waals surface area contributed by atoms with Crippen LogP contribution < -0.4 is 0 Å². The van der Waals surface area contributed by atoms with Crippen molar-refractivity contribution in [3.63, 3.8) is 0 Å². The fraction of sp³-hybridized carbons (Fsp3) is 0.429. The smallest absolute Gasteiger partial charge is 0.147 e. The molecule has 102 valence electrons. The van der Waals surface area contributed by atoms with Crippen molar-refractivity contribution in [2.75, 3.05) is 6.61 Å². The van der Waals surface area contributed by atoms with Crippen molar-refractivity contribution < 1.29 is 9.84 Å². The maximum Gasteiger partial charge on any atom is 0.147 e. The molecular weight excluding hydrogens is 242 g/mol. The zero-order chi connectivity index (χ0) is 13.7. The highest BCUT2D eigenvalue weighted by Crippen LogP contribution is 2.03. The Morgan fingerprint density at radius 3 is 2.63 bits per heavy atom. The molecular formula is C14H19N3O2. The van der Waals surface area contributed by atoms with Crippen molar-refractivity contribution in [2.45, 2.75) is 33.1 Å². The summed E-state index contributed by atoms with van der Waals surface area (Å²) in [4.78, 5) is 4.19. The van der Waals surface area contributed by atoms with Crippen molar-refractivity contribution >= 4 is 0 Å². The van der Waals surface area contributed by atoms with E-state index in [-0.39, 0.29) is 6.61 Å². The second kappa shape index (κ2) is 6.45. The summed E-state index contributed by atoms with van der Waals surface area (Å²) in [6.07, 6.45) is -0.580. The summed E-state index contributed by atoms with van der Waals surface area (Å²) in [6, 6.07) is 9.90. The lowest BCUT2D eigenvalue weighted by Crippen LogP contribution is -2.23. The van der Waals surface area contributed by atoms with Crippen molar-refractivity contribution in [3.05, 3.63) is 47.5 Å². The van der Waals surface area contributed by atoms with Crippen LogP contribution in [0.3, 0.4) is 0 Å². The largest absolute Gasteiger partial charge is 0.389 e. The van der Waals surface area contributed by atoms with Gasteiger partial charge in [0, 0.05) is 0 Å². The first-order valence-corrected chi connectivity index (χ1v) is 6.33. The van der Waals surface area contributed by atoms with Crippen LogP contribution in [0.15, 0.2) is 30.3 Å². The molecule has 0 aliphatic heterocycles. The fourth-order valence-corrected chi connectivity index (χ4v) is 1.87. The molecule has 1 aromatic heterocycles. The van der Waals surface area contributed by atoms with Gasteiger partial charge in [-0.2, -0.15) is 5.10 Å². The highest BCUT2D eigenvalue weighted by molar-refractivity contribution is 5.13. The molecule has 0 amide bonds. The average molecular weight is 261 g/mol. The topological polar surface area (TPSA) is 60.2 Å². The van der Waals surface area contributed by atoms with Crippen LogP contribution in [0.4, 0.5) is 0 Å². The Labute approximate surface area is 112 Å². The Kier molecular flexibility index (Phi) is 4.65. The molecule has 1 N–H and O–H groups in total. The molecule has 0 saturated heterocycles. The number of ether oxygens (including phenoxy) is 1. The lowest BCUT2D eigenvalue weighted by molar-refractivity contribution is 0.0183. The van der Waals surface area contributed by atoms with E-state index in [4.69, 9.17) is 4.74 Å². The Morgan fingerprint density at radius 2 is 2.00 bits per heavy atom. The predicted octanol–water partition coefficient (Wildman–Crippen LogP) is 1.47. The van der Waals surface area contributed by atoms with Crippen molar-refractivity contribution in [1.82, 2.24) is 14.8 Å². The molecule has 0 bridgehead atoms. The van der Waals surface area contributed by atoms with Gasteiger partial charge in [0.25, 0.3) is 0 Å². The number of nitrogens with zero attached hydrogens (tertiary/aromatic N) is 3. The molecule has 0 fully saturated rings. The number of rotatable bonds is 6. The summed E-state index contributed by atoms with van der Waals surface area (Å²) in [6.45, 7) is 4.90. The average Bonchev–Trinajstić information content (AvgIpc) is 2.69. The molecule has 1 unspecified atom stereocenters. The molecule has 5 nitrogen and oxygen atoms in total. The van der Waals surface area contributed by atoms with E-state index in [0.29, 0.717) is 13.2 Å². The molecule has 1 heterocycles. The molecule has 5 heteroatoms. The van der Waals surface area contributed by atoms with Gasteiger partial charge in [0.2, 0.25) is 0 Å². The highest BCUT2D eigenvalue weighted by atomic mass is 16.5. The van der Waals surface area contributed by atoms with E-state index in [2.05, 4.69) is 10.1 Å². The molecule has 0 spiro atoms. The van der Waals surface area contributed by atoms with Crippen LogP contribution in [0, 0.1) is 13.8 Å². The van der Waals surface area contributed by atoms with E-state index in [1.165, 1.54) is 0 Å². The summed E-state index contributed by atoms with van der Waals surface area (Å²) in [5.74, 6) is 1.52. The van der Waals surface area contributed by atoms with Gasteiger partial charge in [-0.3, -0.25) is 0 Å². The molecule has 0 aliphatic carbocycles. The van der Waals surface area contributed by atoms with E-state index in [1.54, 1.807) is 4.68 Å². The molecule has 0 radical (unpaired) electrons. The Bertz CT molecular complexity index is 511. The second-order valence-corrected chi connectivity index (χ2v) is 4.54. The van der Waals surface area contributed by atoms with E-state index >= 15 is 0 Å². The minimum atomic E-state index is -0.580. The number of hydrogen-bond donors (Lipinski definition) is 1. The third-order valence-electron chi connectivity index (χ3n) is 2.77. The van der Waals surface area contributed by atoms with Gasteiger partial charge in [0.1, 0.15) is 11.6 Å². The minimum absolute atomic E-state index is 0.285. The number of aliphatic hydroxyl groups excluding tert-OH is 1. The monoisotopic (exact) mass is 261 g/mol. The van der Waals surface area contributed by atoms with Gasteiger partial charge in [-0.05, 0) is 19.4 Å². The fourth-order valence-electron chi connectivity index (χ4n) is 1.87. The third kappa shape index (κ3) is 4.15. The number of aryl methyl sites for hydroxylation is 2. The van der Waals surface area contributed by atoms with Gasteiger partial charge in [0.05, 0.1) is 25.9 Å². The summed E-state index contributed by atoms with van der Waals surface area (Å²) in [5, 5.41) is 14.1. The predicted molar refractivity (Wildman–Crippen MR) is 71.6 cm³/mol. The maximum absolute atomic E-state index is 9.90. The lowest BCUT2D eigenvalue weighted by atomic mass is 10.2. The SMILES string of the molecule is Cc1nc(C)n(CC(O)COCc2ccccc2)n1. The van der Waals surface area contributed by atoms with Crippen LogP contribution in [0.5, 0.6) is 0 Å². The van der Waals surface area contributed by atoms with E-state index in [0.717, 1.165) is 17.2 Å². The van der Waals surface area contributed by atoms with Gasteiger partial charge in [-0.25, -0.2) is 9.67 Å². The molecule has 1 aromatic carbocycles. The summed E-state index contributed by atoms with van der Waals surface area (Å²) in [7, 11) is 0. The Hall–Kier alpha value is -1.72. The van der Waals surface area contributed by atoms with Crippen LogP contribution in [0.1, 0.15) is 17.2 Å². The van der Waals surface area contributed by atoms with Crippen molar-refractivity contribution in [1.29, 1.82) is 0 Å². The molecule has 0 saturated carbocycles. The first-order valence-electron chi connectivity index (χ1n) is 6.33. The summed E-state index contributed by atoms with van der Waals surface area (Å²) in [5.41, 5.74) is 1.10. The van der Waals surface area contributed by atoms with Crippen LogP contribution in [0.25, 0.3) is 0 Å². The van der Waals surface area contributed by atoms with E-state index in [9.17, 15) is 5.11 Å². The van der Waals surface area contributed by atoms with Crippen molar-refractivity contribution in [3.8, 4) is 0 Å². The standard InChI is InChI=1S/C14H19N3O2/c1-11-15-12(2)17(16-11)8-14(18)10-19-9-13-6-4-3-5-7-13/h3-7,14,18H,8-10H2,1-2H3. The molecule has 2 rings (SSSR count). The Morgan fingerprint density at radius 1 is 1.26 bits per heavy atom. The molecule has 1 atom stereocenters. The van der Waals surface area contributed by atoms with Crippen LogP contribution in [0.2, 0.25) is 0 Å². The number of benzene rings is 1. The quantitative estimate of drug-likeness (QED) is 0.855. The van der Waals surface area contributed by atoms with Gasteiger partial charge in [0.15, 0.2) is 0 Å². The molecule has 0 aliphatic rings. The van der Waals surface area contributed by atoms with Crippen molar-refractivity contribution in [2.24, 2.45) is 0 Å². The normalized spacial score (nSPS) is 12.6. The summed E-state index contributed by atoms with van der Waals surface area (Å²) >= 11 is 0. The van der Waals surface area contributed by atoms with Crippen LogP contribution in [-0.2, 0) is 17.9 Å². The molecule has 2 aromatic rings. The lowest BCUT2D eigenvalue weighted by Gasteiger charge is -2.12.